The molecule has 14 heteroatoms. The average Bonchev–Trinajstić information content (AvgIpc) is 2.64. The maximum atomic E-state index is 12.4. The van der Waals surface area contributed by atoms with Crippen LogP contribution >= 0.6 is 0 Å². The number of nitro benzene ring substituents is 1. The van der Waals surface area contributed by atoms with Crippen molar-refractivity contribution in [2.24, 2.45) is 5.14 Å². The summed E-state index contributed by atoms with van der Waals surface area (Å²) in [5.74, 6) is 0. The van der Waals surface area contributed by atoms with E-state index in [0.717, 1.165) is 12.1 Å². The van der Waals surface area contributed by atoms with E-state index >= 15 is 0 Å². The third kappa shape index (κ3) is 5.54. The third-order valence-corrected chi connectivity index (χ3v) is 6.38. The summed E-state index contributed by atoms with van der Waals surface area (Å²) in [5, 5.41) is 27.5. The number of nitro groups is 2. The summed E-state index contributed by atoms with van der Waals surface area (Å²) < 4.78 is 50.1. The molecule has 2 aromatic carbocycles. The Balaban J connectivity index is 2.28. The Labute approximate surface area is 165 Å². The van der Waals surface area contributed by atoms with E-state index < -0.39 is 59.5 Å². The second kappa shape index (κ2) is 8.60. The Morgan fingerprint density at radius 3 is 2.03 bits per heavy atom. The average molecular weight is 444 g/mol. The third-order valence-electron chi connectivity index (χ3n) is 3.89. The number of primary sulfonamides is 1. The van der Waals surface area contributed by atoms with E-state index in [0.29, 0.717) is 0 Å². The molecule has 0 aliphatic heterocycles. The Kier molecular flexibility index (Phi) is 6.63. The van der Waals surface area contributed by atoms with Crippen LogP contribution in [0.1, 0.15) is 5.56 Å². The summed E-state index contributed by atoms with van der Waals surface area (Å²) in [6.07, 6.45) is -0.432. The highest BCUT2D eigenvalue weighted by Gasteiger charge is 2.30. The molecule has 2 rings (SSSR count). The van der Waals surface area contributed by atoms with Crippen molar-refractivity contribution >= 4 is 25.7 Å². The lowest BCUT2D eigenvalue weighted by molar-refractivity contribution is -0.519. The van der Waals surface area contributed by atoms with Gasteiger partial charge in [0.25, 0.3) is 5.69 Å². The normalized spacial score (nSPS) is 13.0. The van der Waals surface area contributed by atoms with E-state index in [4.69, 9.17) is 5.14 Å². The lowest BCUT2D eigenvalue weighted by Crippen LogP contribution is -2.38. The van der Waals surface area contributed by atoms with Crippen molar-refractivity contribution in [2.45, 2.75) is 22.3 Å². The van der Waals surface area contributed by atoms with Gasteiger partial charge in [0.1, 0.15) is 0 Å². The fraction of sp³-hybridized carbons (Fsp3) is 0.200. The molecule has 0 aliphatic rings. The zero-order chi connectivity index (χ0) is 21.8. The number of nitrogens with two attached hydrogens (primary N) is 1. The molecule has 0 heterocycles. The topological polar surface area (TPSA) is 193 Å². The van der Waals surface area contributed by atoms with Gasteiger partial charge >= 0.3 is 0 Å². The Hall–Kier alpha value is -2.94. The van der Waals surface area contributed by atoms with Crippen molar-refractivity contribution in [3.05, 3.63) is 74.3 Å². The molecule has 0 aromatic heterocycles. The lowest BCUT2D eigenvalue weighted by Gasteiger charge is -2.13. The molecule has 0 saturated carbocycles. The first-order valence-electron chi connectivity index (χ1n) is 7.91. The van der Waals surface area contributed by atoms with Crippen molar-refractivity contribution in [1.29, 1.82) is 0 Å². The predicted molar refractivity (Wildman–Crippen MR) is 101 cm³/mol. The molecule has 156 valence electrons. The number of nitrogens with one attached hydrogen (secondary N) is 1. The summed E-state index contributed by atoms with van der Waals surface area (Å²) >= 11 is 0. The van der Waals surface area contributed by atoms with Gasteiger partial charge < -0.3 is 0 Å². The van der Waals surface area contributed by atoms with Crippen molar-refractivity contribution in [1.82, 2.24) is 4.72 Å². The lowest BCUT2D eigenvalue weighted by atomic mass is 10.1. The van der Waals surface area contributed by atoms with Crippen LogP contribution in [0.25, 0.3) is 0 Å². The van der Waals surface area contributed by atoms with Crippen LogP contribution in [0.2, 0.25) is 0 Å². The molecule has 0 spiro atoms. The molecule has 0 radical (unpaired) electrons. The predicted octanol–water partition coefficient (Wildman–Crippen LogP) is 0.409. The standard InChI is InChI=1S/C15H16N4O8S2/c16-28(24,25)14-7-3-1-5-11(14)9-12(18(20)21)10-17-29(26,27)15-8-4-2-6-13(15)19(22)23/h1-8,12,17H,9-10H2,(H2,16,24,25). The first-order valence-corrected chi connectivity index (χ1v) is 10.9. The van der Waals surface area contributed by atoms with Gasteiger partial charge in [-0.15, -0.1) is 0 Å². The fourth-order valence-electron chi connectivity index (χ4n) is 2.54. The molecular weight excluding hydrogens is 428 g/mol. The molecule has 1 atom stereocenters. The molecule has 2 aromatic rings. The number of benzene rings is 2. The minimum absolute atomic E-state index is 0.0431. The number of para-hydroxylation sites is 1. The molecule has 0 aliphatic carbocycles. The second-order valence-electron chi connectivity index (χ2n) is 5.87. The van der Waals surface area contributed by atoms with E-state index in [1.165, 1.54) is 36.4 Å². The van der Waals surface area contributed by atoms with Crippen LogP contribution in [-0.4, -0.2) is 39.3 Å². The van der Waals surface area contributed by atoms with Crippen molar-refractivity contribution in [3.8, 4) is 0 Å². The summed E-state index contributed by atoms with van der Waals surface area (Å²) in [6, 6.07) is 8.35. The van der Waals surface area contributed by atoms with E-state index in [-0.39, 0.29) is 10.5 Å². The Morgan fingerprint density at radius 1 is 0.931 bits per heavy atom. The van der Waals surface area contributed by atoms with Gasteiger partial charge in [0.05, 0.1) is 16.4 Å². The van der Waals surface area contributed by atoms with E-state index in [9.17, 15) is 37.1 Å². The van der Waals surface area contributed by atoms with Gasteiger partial charge in [-0.25, -0.2) is 26.7 Å². The molecule has 3 N–H and O–H groups in total. The SMILES string of the molecule is NS(=O)(=O)c1ccccc1CC(CNS(=O)(=O)c1ccccc1[N+](=O)[O-])[N+](=O)[O-]. The molecule has 29 heavy (non-hydrogen) atoms. The van der Waals surface area contributed by atoms with Gasteiger partial charge in [0.15, 0.2) is 4.90 Å². The Bertz CT molecular complexity index is 1150. The molecule has 0 saturated heterocycles. The van der Waals surface area contributed by atoms with Crippen molar-refractivity contribution in [3.63, 3.8) is 0 Å². The fourth-order valence-corrected chi connectivity index (χ4v) is 4.57. The number of sulfonamides is 2. The highest BCUT2D eigenvalue weighted by molar-refractivity contribution is 7.89. The smallest absolute Gasteiger partial charge is 0.264 e. The first-order chi connectivity index (χ1) is 13.4. The monoisotopic (exact) mass is 444 g/mol. The maximum Gasteiger partial charge on any atom is 0.289 e. The van der Waals surface area contributed by atoms with Gasteiger partial charge in [-0.3, -0.25) is 20.2 Å². The zero-order valence-electron chi connectivity index (χ0n) is 14.7. The van der Waals surface area contributed by atoms with E-state index in [1.807, 2.05) is 4.72 Å². The maximum absolute atomic E-state index is 12.4. The minimum Gasteiger partial charge on any atom is -0.264 e. The molecule has 12 nitrogen and oxygen atoms in total. The quantitative estimate of drug-likeness (QED) is 0.410. The summed E-state index contributed by atoms with van der Waals surface area (Å²) in [4.78, 5) is 19.8. The summed E-state index contributed by atoms with van der Waals surface area (Å²) in [6.45, 7) is -0.722. The van der Waals surface area contributed by atoms with Gasteiger partial charge in [0.2, 0.25) is 26.1 Å². The van der Waals surface area contributed by atoms with Crippen molar-refractivity contribution in [2.75, 3.05) is 6.54 Å². The summed E-state index contributed by atoms with van der Waals surface area (Å²) in [5.41, 5.74) is -0.640. The van der Waals surface area contributed by atoms with E-state index in [1.54, 1.807) is 0 Å². The van der Waals surface area contributed by atoms with Gasteiger partial charge in [-0.2, -0.15) is 0 Å². The molecular formula is C15H16N4O8S2. The minimum atomic E-state index is -4.43. The van der Waals surface area contributed by atoms with Crippen LogP contribution in [0, 0.1) is 20.2 Å². The highest BCUT2D eigenvalue weighted by atomic mass is 32.2. The summed E-state index contributed by atoms with van der Waals surface area (Å²) in [7, 11) is -8.58. The van der Waals surface area contributed by atoms with Crippen LogP contribution < -0.4 is 9.86 Å². The largest absolute Gasteiger partial charge is 0.289 e. The second-order valence-corrected chi connectivity index (χ2v) is 9.14. The highest BCUT2D eigenvalue weighted by Crippen LogP contribution is 2.23. The molecule has 0 bridgehead atoms. The van der Waals surface area contributed by atoms with Crippen molar-refractivity contribution < 1.29 is 26.7 Å². The molecule has 1 unspecified atom stereocenters. The van der Waals surface area contributed by atoms with Crippen LogP contribution in [0.5, 0.6) is 0 Å². The Morgan fingerprint density at radius 2 is 1.48 bits per heavy atom. The number of rotatable bonds is 9. The van der Waals surface area contributed by atoms with Gasteiger partial charge in [-0.05, 0) is 17.7 Å². The molecule has 0 fully saturated rings. The van der Waals surface area contributed by atoms with E-state index in [2.05, 4.69) is 0 Å². The number of hydrogen-bond acceptors (Lipinski definition) is 8. The first kappa shape index (κ1) is 22.4. The molecule has 0 amide bonds. The van der Waals surface area contributed by atoms with Crippen LogP contribution in [0.15, 0.2) is 58.3 Å². The van der Waals surface area contributed by atoms with Gasteiger partial charge in [0, 0.05) is 17.4 Å². The van der Waals surface area contributed by atoms with Gasteiger partial charge in [-0.1, -0.05) is 30.3 Å². The van der Waals surface area contributed by atoms with Crippen LogP contribution in [0.4, 0.5) is 5.69 Å². The zero-order valence-corrected chi connectivity index (χ0v) is 16.3. The number of hydrogen-bond donors (Lipinski definition) is 2. The number of nitrogens with zero attached hydrogens (tertiary/aromatic N) is 2. The van der Waals surface area contributed by atoms with Crippen LogP contribution in [0.3, 0.4) is 0 Å². The van der Waals surface area contributed by atoms with Crippen LogP contribution in [-0.2, 0) is 26.5 Å².